The molecule has 1 nitrogen and oxygen atoms in total. The van der Waals surface area contributed by atoms with Crippen LogP contribution >= 0.6 is 0 Å². The van der Waals surface area contributed by atoms with Crippen LogP contribution in [-0.2, 0) is 4.74 Å². The standard InChI is InChI=1S/C7H16O/c1-5-7(3,4)8-6-2/h5-6H2,1-4H3. The Kier molecular flexibility index (Phi) is 3.06. The van der Waals surface area contributed by atoms with Crippen molar-refractivity contribution in [2.24, 2.45) is 0 Å². The fraction of sp³-hybridized carbons (Fsp3) is 1.00. The first-order valence-electron chi connectivity index (χ1n) is 3.26. The summed E-state index contributed by atoms with van der Waals surface area (Å²) in [5.74, 6) is 0. The zero-order chi connectivity index (χ0) is 6.62. The van der Waals surface area contributed by atoms with Gasteiger partial charge in [-0.05, 0) is 27.2 Å². The van der Waals surface area contributed by atoms with Gasteiger partial charge in [0, 0.05) is 6.61 Å². The molecule has 0 aliphatic rings. The second kappa shape index (κ2) is 3.08. The lowest BCUT2D eigenvalue weighted by molar-refractivity contribution is -0.0124. The second-order valence-corrected chi connectivity index (χ2v) is 2.55. The van der Waals surface area contributed by atoms with Crippen LogP contribution in [0.25, 0.3) is 0 Å². The van der Waals surface area contributed by atoms with E-state index in [-0.39, 0.29) is 5.60 Å². The van der Waals surface area contributed by atoms with E-state index in [1.54, 1.807) is 0 Å². The van der Waals surface area contributed by atoms with Gasteiger partial charge in [-0.15, -0.1) is 0 Å². The Morgan fingerprint density at radius 1 is 1.25 bits per heavy atom. The molecule has 0 heterocycles. The Morgan fingerprint density at radius 3 is 1.88 bits per heavy atom. The van der Waals surface area contributed by atoms with Gasteiger partial charge in [-0.1, -0.05) is 6.92 Å². The van der Waals surface area contributed by atoms with Crippen LogP contribution in [0.4, 0.5) is 0 Å². The summed E-state index contributed by atoms with van der Waals surface area (Å²) < 4.78 is 5.38. The third kappa shape index (κ3) is 3.03. The van der Waals surface area contributed by atoms with E-state index in [0.717, 1.165) is 13.0 Å². The molecule has 0 aliphatic heterocycles. The molecule has 50 valence electrons. The van der Waals surface area contributed by atoms with Crippen molar-refractivity contribution in [1.29, 1.82) is 0 Å². The number of ether oxygens (including phenoxy) is 1. The largest absolute Gasteiger partial charge is 0.376 e. The van der Waals surface area contributed by atoms with Gasteiger partial charge in [0.05, 0.1) is 5.60 Å². The fourth-order valence-electron chi connectivity index (χ4n) is 0.493. The van der Waals surface area contributed by atoms with Gasteiger partial charge in [0.15, 0.2) is 0 Å². The number of hydrogen-bond acceptors (Lipinski definition) is 1. The molecular weight excluding hydrogens is 100 g/mol. The van der Waals surface area contributed by atoms with Crippen molar-refractivity contribution in [3.63, 3.8) is 0 Å². The highest BCUT2D eigenvalue weighted by Crippen LogP contribution is 2.12. The van der Waals surface area contributed by atoms with Crippen molar-refractivity contribution in [3.8, 4) is 0 Å². The molecule has 0 N–H and O–H groups in total. The van der Waals surface area contributed by atoms with Gasteiger partial charge in [-0.3, -0.25) is 0 Å². The number of rotatable bonds is 3. The summed E-state index contributed by atoms with van der Waals surface area (Å²) >= 11 is 0. The van der Waals surface area contributed by atoms with E-state index in [2.05, 4.69) is 20.8 Å². The van der Waals surface area contributed by atoms with Crippen molar-refractivity contribution in [2.75, 3.05) is 6.61 Å². The first-order chi connectivity index (χ1) is 3.62. The third-order valence-corrected chi connectivity index (χ3v) is 1.39. The molecule has 0 unspecified atom stereocenters. The van der Waals surface area contributed by atoms with Crippen molar-refractivity contribution >= 4 is 0 Å². The quantitative estimate of drug-likeness (QED) is 0.549. The van der Waals surface area contributed by atoms with Gasteiger partial charge < -0.3 is 4.74 Å². The molecule has 0 spiro atoms. The predicted molar refractivity (Wildman–Crippen MR) is 36.0 cm³/mol. The van der Waals surface area contributed by atoms with Gasteiger partial charge in [-0.2, -0.15) is 0 Å². The second-order valence-electron chi connectivity index (χ2n) is 2.55. The van der Waals surface area contributed by atoms with Crippen LogP contribution in [-0.4, -0.2) is 12.2 Å². The molecule has 0 saturated heterocycles. The van der Waals surface area contributed by atoms with E-state index < -0.39 is 0 Å². The molecular formula is C7H16O. The summed E-state index contributed by atoms with van der Waals surface area (Å²) in [7, 11) is 0. The SMILES string of the molecule is CCOC(C)(C)CC. The lowest BCUT2D eigenvalue weighted by Gasteiger charge is -2.21. The minimum atomic E-state index is 0.0920. The van der Waals surface area contributed by atoms with E-state index >= 15 is 0 Å². The Morgan fingerprint density at radius 2 is 1.75 bits per heavy atom. The van der Waals surface area contributed by atoms with Crippen LogP contribution in [0.15, 0.2) is 0 Å². The molecule has 0 aromatic carbocycles. The van der Waals surface area contributed by atoms with Crippen molar-refractivity contribution in [1.82, 2.24) is 0 Å². The topological polar surface area (TPSA) is 9.23 Å². The Hall–Kier alpha value is -0.0400. The lowest BCUT2D eigenvalue weighted by Crippen LogP contribution is -2.22. The highest BCUT2D eigenvalue weighted by Gasteiger charge is 2.12. The molecule has 0 amide bonds. The maximum absolute atomic E-state index is 5.38. The monoisotopic (exact) mass is 116 g/mol. The summed E-state index contributed by atoms with van der Waals surface area (Å²) in [6, 6.07) is 0. The molecule has 0 rings (SSSR count). The zero-order valence-corrected chi connectivity index (χ0v) is 6.32. The number of hydrogen-bond donors (Lipinski definition) is 0. The normalized spacial score (nSPS) is 12.0. The maximum Gasteiger partial charge on any atom is 0.0623 e. The highest BCUT2D eigenvalue weighted by atomic mass is 16.5. The molecule has 8 heavy (non-hydrogen) atoms. The van der Waals surface area contributed by atoms with Crippen molar-refractivity contribution in [3.05, 3.63) is 0 Å². The van der Waals surface area contributed by atoms with Gasteiger partial charge in [-0.25, -0.2) is 0 Å². The Labute approximate surface area is 52.0 Å². The van der Waals surface area contributed by atoms with E-state index in [1.807, 2.05) is 6.92 Å². The maximum atomic E-state index is 5.38. The van der Waals surface area contributed by atoms with Crippen LogP contribution < -0.4 is 0 Å². The predicted octanol–water partition coefficient (Wildman–Crippen LogP) is 2.21. The third-order valence-electron chi connectivity index (χ3n) is 1.39. The Bertz CT molecular complexity index is 57.4. The van der Waals surface area contributed by atoms with Crippen LogP contribution in [0.5, 0.6) is 0 Å². The molecule has 1 heteroatoms. The van der Waals surface area contributed by atoms with Gasteiger partial charge in [0.25, 0.3) is 0 Å². The van der Waals surface area contributed by atoms with Crippen molar-refractivity contribution in [2.45, 2.75) is 39.7 Å². The average molecular weight is 116 g/mol. The summed E-state index contributed by atoms with van der Waals surface area (Å²) in [5.41, 5.74) is 0.0920. The smallest absolute Gasteiger partial charge is 0.0623 e. The van der Waals surface area contributed by atoms with E-state index in [9.17, 15) is 0 Å². The van der Waals surface area contributed by atoms with E-state index in [4.69, 9.17) is 4.74 Å². The highest BCUT2D eigenvalue weighted by molar-refractivity contribution is 4.63. The van der Waals surface area contributed by atoms with Crippen LogP contribution in [0.2, 0.25) is 0 Å². The lowest BCUT2D eigenvalue weighted by atomic mass is 10.1. The van der Waals surface area contributed by atoms with Crippen molar-refractivity contribution < 1.29 is 4.74 Å². The Balaban J connectivity index is 3.37. The summed E-state index contributed by atoms with van der Waals surface area (Å²) in [6.45, 7) is 9.20. The molecule has 0 aromatic rings. The molecule has 0 saturated carbocycles. The summed E-state index contributed by atoms with van der Waals surface area (Å²) in [5, 5.41) is 0. The summed E-state index contributed by atoms with van der Waals surface area (Å²) in [6.07, 6.45) is 1.08. The van der Waals surface area contributed by atoms with Crippen LogP contribution in [0, 0.1) is 0 Å². The minimum Gasteiger partial charge on any atom is -0.376 e. The molecule has 0 fully saturated rings. The molecule has 0 atom stereocenters. The van der Waals surface area contributed by atoms with Crippen LogP contribution in [0.3, 0.4) is 0 Å². The van der Waals surface area contributed by atoms with Gasteiger partial charge >= 0.3 is 0 Å². The minimum absolute atomic E-state index is 0.0920. The first-order valence-corrected chi connectivity index (χ1v) is 3.26. The molecule has 0 aromatic heterocycles. The average Bonchev–Trinajstić information content (AvgIpc) is 1.67. The van der Waals surface area contributed by atoms with Gasteiger partial charge in [0.2, 0.25) is 0 Å². The fourth-order valence-corrected chi connectivity index (χ4v) is 0.493. The summed E-state index contributed by atoms with van der Waals surface area (Å²) in [4.78, 5) is 0. The molecule has 0 radical (unpaired) electrons. The first kappa shape index (κ1) is 7.96. The molecule has 0 bridgehead atoms. The zero-order valence-electron chi connectivity index (χ0n) is 6.32. The van der Waals surface area contributed by atoms with E-state index in [0.29, 0.717) is 0 Å². The van der Waals surface area contributed by atoms with E-state index in [1.165, 1.54) is 0 Å². The van der Waals surface area contributed by atoms with Crippen LogP contribution in [0.1, 0.15) is 34.1 Å². The molecule has 0 aliphatic carbocycles. The van der Waals surface area contributed by atoms with Gasteiger partial charge in [0.1, 0.15) is 0 Å².